The van der Waals surface area contributed by atoms with E-state index in [4.69, 9.17) is 5.73 Å². The highest BCUT2D eigenvalue weighted by Crippen LogP contribution is 2.26. The molecule has 0 aliphatic rings. The minimum atomic E-state index is -4.85. The van der Waals surface area contributed by atoms with E-state index >= 15 is 0 Å². The summed E-state index contributed by atoms with van der Waals surface area (Å²) in [6.45, 7) is 0. The average molecular weight is 278 g/mol. The summed E-state index contributed by atoms with van der Waals surface area (Å²) in [4.78, 5) is 0. The van der Waals surface area contributed by atoms with E-state index in [1.807, 2.05) is 0 Å². The van der Waals surface area contributed by atoms with Crippen LogP contribution in [0.2, 0.25) is 0 Å². The summed E-state index contributed by atoms with van der Waals surface area (Å²) < 4.78 is 63.5. The van der Waals surface area contributed by atoms with Crippen LogP contribution in [0.1, 0.15) is 11.6 Å². The minimum Gasteiger partial charge on any atom is -0.406 e. The molecule has 1 aromatic rings. The first kappa shape index (κ1) is 15.9. The third-order valence-electron chi connectivity index (χ3n) is 1.75. The largest absolute Gasteiger partial charge is 0.573 e. The molecule has 0 bridgehead atoms. The molecule has 2 N–H and O–H groups in total. The summed E-state index contributed by atoms with van der Waals surface area (Å²) in [5.74, 6) is -0.568. The van der Waals surface area contributed by atoms with E-state index in [1.165, 1.54) is 12.1 Å². The molecule has 17 heavy (non-hydrogen) atoms. The van der Waals surface area contributed by atoms with E-state index in [0.717, 1.165) is 12.1 Å². The molecule has 1 atom stereocenters. The van der Waals surface area contributed by atoms with Gasteiger partial charge in [-0.2, -0.15) is 0 Å². The second-order valence-corrected chi connectivity index (χ2v) is 2.98. The number of hydrogen-bond acceptors (Lipinski definition) is 2. The van der Waals surface area contributed by atoms with E-state index < -0.39 is 24.6 Å². The molecular formula is C9H9ClF5NO. The van der Waals surface area contributed by atoms with Gasteiger partial charge in [0.2, 0.25) is 0 Å². The molecule has 0 unspecified atom stereocenters. The van der Waals surface area contributed by atoms with Crippen molar-refractivity contribution in [3.63, 3.8) is 0 Å². The van der Waals surface area contributed by atoms with Gasteiger partial charge in [-0.3, -0.25) is 0 Å². The maximum atomic E-state index is 12.2. The predicted octanol–water partition coefficient (Wildman–Crippen LogP) is 3.27. The number of ether oxygens (including phenoxy) is 1. The highest BCUT2D eigenvalue weighted by atomic mass is 35.5. The zero-order chi connectivity index (χ0) is 12.3. The summed E-state index contributed by atoms with van der Waals surface area (Å²) in [5, 5.41) is 0. The standard InChI is InChI=1S/C9H8F5NO.ClH/c10-8(11)7(15)5-2-1-3-6(4-5)16-9(12,13)14;/h1-4,7-8H,15H2;1H/t7-;/m1./s1. The van der Waals surface area contributed by atoms with Gasteiger partial charge >= 0.3 is 6.36 Å². The molecule has 0 radical (unpaired) electrons. The molecule has 0 saturated carbocycles. The smallest absolute Gasteiger partial charge is 0.406 e. The SMILES string of the molecule is Cl.N[C@H](c1cccc(OC(F)(F)F)c1)C(F)F. The van der Waals surface area contributed by atoms with Crippen molar-refractivity contribution in [3.05, 3.63) is 29.8 Å². The molecule has 1 aromatic carbocycles. The Labute approximate surface area is 100.0 Å². The van der Waals surface area contributed by atoms with Crippen molar-refractivity contribution in [2.45, 2.75) is 18.8 Å². The average Bonchev–Trinajstić information content (AvgIpc) is 2.14. The van der Waals surface area contributed by atoms with Crippen molar-refractivity contribution < 1.29 is 26.7 Å². The van der Waals surface area contributed by atoms with E-state index in [1.54, 1.807) is 0 Å². The molecule has 0 aliphatic carbocycles. The third kappa shape index (κ3) is 5.18. The molecule has 8 heteroatoms. The van der Waals surface area contributed by atoms with Gasteiger partial charge in [-0.25, -0.2) is 8.78 Å². The van der Waals surface area contributed by atoms with Gasteiger partial charge in [0.15, 0.2) is 0 Å². The molecular weight excluding hydrogens is 269 g/mol. The lowest BCUT2D eigenvalue weighted by atomic mass is 10.1. The van der Waals surface area contributed by atoms with Crippen LogP contribution in [0.5, 0.6) is 5.75 Å². The second-order valence-electron chi connectivity index (χ2n) is 2.98. The fourth-order valence-corrected chi connectivity index (χ4v) is 1.06. The maximum absolute atomic E-state index is 12.2. The Hall–Kier alpha value is -1.08. The molecule has 0 aromatic heterocycles. The molecule has 2 nitrogen and oxygen atoms in total. The normalized spacial score (nSPS) is 13.1. The van der Waals surface area contributed by atoms with Gasteiger partial charge in [-0.05, 0) is 17.7 Å². The van der Waals surface area contributed by atoms with E-state index in [-0.39, 0.29) is 18.0 Å². The predicted molar refractivity (Wildman–Crippen MR) is 53.3 cm³/mol. The first-order valence-corrected chi connectivity index (χ1v) is 4.19. The number of hydrogen-bond donors (Lipinski definition) is 1. The molecule has 0 aliphatic heterocycles. The number of nitrogens with two attached hydrogens (primary N) is 1. The van der Waals surface area contributed by atoms with Crippen LogP contribution in [0, 0.1) is 0 Å². The molecule has 0 heterocycles. The van der Waals surface area contributed by atoms with Crippen LogP contribution in [-0.4, -0.2) is 12.8 Å². The van der Waals surface area contributed by atoms with Gasteiger partial charge in [-0.15, -0.1) is 25.6 Å². The molecule has 0 spiro atoms. The Balaban J connectivity index is 0.00000256. The first-order chi connectivity index (χ1) is 7.29. The first-order valence-electron chi connectivity index (χ1n) is 4.19. The van der Waals surface area contributed by atoms with E-state index in [0.29, 0.717) is 0 Å². The van der Waals surface area contributed by atoms with Gasteiger partial charge < -0.3 is 10.5 Å². The van der Waals surface area contributed by atoms with Gasteiger partial charge in [0.25, 0.3) is 6.43 Å². The quantitative estimate of drug-likeness (QED) is 0.861. The van der Waals surface area contributed by atoms with Crippen molar-refractivity contribution in [2.75, 3.05) is 0 Å². The van der Waals surface area contributed by atoms with E-state index in [9.17, 15) is 22.0 Å². The zero-order valence-electron chi connectivity index (χ0n) is 8.25. The van der Waals surface area contributed by atoms with Crippen LogP contribution < -0.4 is 10.5 Å². The van der Waals surface area contributed by atoms with Crippen LogP contribution in [0.4, 0.5) is 22.0 Å². The lowest BCUT2D eigenvalue weighted by Crippen LogP contribution is -2.20. The van der Waals surface area contributed by atoms with Crippen molar-refractivity contribution in [1.29, 1.82) is 0 Å². The van der Waals surface area contributed by atoms with Crippen LogP contribution in [-0.2, 0) is 0 Å². The summed E-state index contributed by atoms with van der Waals surface area (Å²) in [6, 6.07) is 2.59. The van der Waals surface area contributed by atoms with Gasteiger partial charge in [0.05, 0.1) is 6.04 Å². The lowest BCUT2D eigenvalue weighted by molar-refractivity contribution is -0.274. The molecule has 0 saturated heterocycles. The van der Waals surface area contributed by atoms with Gasteiger partial charge in [0.1, 0.15) is 5.75 Å². The Morgan fingerprint density at radius 3 is 2.24 bits per heavy atom. The van der Waals surface area contributed by atoms with Crippen molar-refractivity contribution >= 4 is 12.4 Å². The Morgan fingerprint density at radius 2 is 1.76 bits per heavy atom. The molecule has 0 amide bonds. The van der Waals surface area contributed by atoms with E-state index in [2.05, 4.69) is 4.74 Å². The van der Waals surface area contributed by atoms with Crippen LogP contribution in [0.3, 0.4) is 0 Å². The summed E-state index contributed by atoms with van der Waals surface area (Å²) >= 11 is 0. The Bertz CT molecular complexity index is 357. The maximum Gasteiger partial charge on any atom is 0.573 e. The van der Waals surface area contributed by atoms with Crippen molar-refractivity contribution in [3.8, 4) is 5.75 Å². The highest BCUT2D eigenvalue weighted by molar-refractivity contribution is 5.85. The minimum absolute atomic E-state index is 0. The summed E-state index contributed by atoms with van der Waals surface area (Å²) in [7, 11) is 0. The lowest BCUT2D eigenvalue weighted by Gasteiger charge is -2.13. The van der Waals surface area contributed by atoms with Crippen molar-refractivity contribution in [2.24, 2.45) is 5.73 Å². The van der Waals surface area contributed by atoms with Crippen LogP contribution in [0.15, 0.2) is 24.3 Å². The Kier molecular flexibility index (Phi) is 5.63. The van der Waals surface area contributed by atoms with Crippen LogP contribution >= 0.6 is 12.4 Å². The Morgan fingerprint density at radius 1 is 1.18 bits per heavy atom. The third-order valence-corrected chi connectivity index (χ3v) is 1.75. The fraction of sp³-hybridized carbons (Fsp3) is 0.333. The zero-order valence-corrected chi connectivity index (χ0v) is 9.06. The second kappa shape index (κ2) is 6.02. The summed E-state index contributed by atoms with van der Waals surface area (Å²) in [6.07, 6.45) is -7.70. The van der Waals surface area contributed by atoms with Gasteiger partial charge in [-0.1, -0.05) is 12.1 Å². The topological polar surface area (TPSA) is 35.2 Å². The van der Waals surface area contributed by atoms with Gasteiger partial charge in [0, 0.05) is 0 Å². The summed E-state index contributed by atoms with van der Waals surface area (Å²) in [5.41, 5.74) is 4.97. The van der Waals surface area contributed by atoms with Crippen molar-refractivity contribution in [1.82, 2.24) is 0 Å². The fourth-order valence-electron chi connectivity index (χ4n) is 1.06. The van der Waals surface area contributed by atoms with Crippen LogP contribution in [0.25, 0.3) is 0 Å². The molecule has 0 fully saturated rings. The highest BCUT2D eigenvalue weighted by Gasteiger charge is 2.31. The number of rotatable bonds is 3. The number of halogens is 6. The number of benzene rings is 1. The molecule has 98 valence electrons. The monoisotopic (exact) mass is 277 g/mol. The molecule has 1 rings (SSSR count). The number of alkyl halides is 5.